The van der Waals surface area contributed by atoms with E-state index in [2.05, 4.69) is 4.98 Å². The van der Waals surface area contributed by atoms with Crippen LogP contribution in [0.25, 0.3) is 0 Å². The summed E-state index contributed by atoms with van der Waals surface area (Å²) in [6, 6.07) is 7.24. The van der Waals surface area contributed by atoms with Gasteiger partial charge in [-0.15, -0.1) is 0 Å². The van der Waals surface area contributed by atoms with Crippen LogP contribution in [0.3, 0.4) is 0 Å². The van der Waals surface area contributed by atoms with Gasteiger partial charge < -0.3 is 9.72 Å². The number of ketones is 1. The number of aromatic nitrogens is 1. The molecule has 0 unspecified atom stereocenters. The summed E-state index contributed by atoms with van der Waals surface area (Å²) in [5.74, 6) is -1.11. The molecule has 0 saturated carbocycles. The van der Waals surface area contributed by atoms with E-state index in [0.717, 1.165) is 0 Å². The van der Waals surface area contributed by atoms with Crippen LogP contribution >= 0.6 is 0 Å². The summed E-state index contributed by atoms with van der Waals surface area (Å²) < 4.78 is 17.9. The summed E-state index contributed by atoms with van der Waals surface area (Å²) in [6.45, 7) is 1.38. The zero-order chi connectivity index (χ0) is 13.8. The molecule has 0 spiro atoms. The molecule has 1 heterocycles. The third-order valence-electron chi connectivity index (χ3n) is 2.57. The van der Waals surface area contributed by atoms with E-state index < -0.39 is 5.97 Å². The topological polar surface area (TPSA) is 59.2 Å². The van der Waals surface area contributed by atoms with Gasteiger partial charge in [0, 0.05) is 11.8 Å². The van der Waals surface area contributed by atoms with E-state index in [9.17, 15) is 14.0 Å². The molecule has 98 valence electrons. The van der Waals surface area contributed by atoms with Crippen molar-refractivity contribution in [3.05, 3.63) is 59.2 Å². The number of carbonyl (C=O) groups is 2. The van der Waals surface area contributed by atoms with Crippen LogP contribution in [0.4, 0.5) is 4.39 Å². The number of ether oxygens (including phenoxy) is 1. The van der Waals surface area contributed by atoms with Crippen molar-refractivity contribution in [3.63, 3.8) is 0 Å². The molecule has 2 rings (SSSR count). The lowest BCUT2D eigenvalue weighted by atomic mass is 10.2. The Bertz CT molecular complexity index is 619. The monoisotopic (exact) mass is 261 g/mol. The fourth-order valence-electron chi connectivity index (χ4n) is 1.57. The Balaban J connectivity index is 1.99. The average Bonchev–Trinajstić information content (AvgIpc) is 2.86. The number of nitrogens with one attached hydrogen (secondary N) is 1. The molecule has 1 aromatic heterocycles. The van der Waals surface area contributed by atoms with E-state index in [0.29, 0.717) is 11.1 Å². The van der Waals surface area contributed by atoms with E-state index in [4.69, 9.17) is 4.74 Å². The Morgan fingerprint density at radius 1 is 1.32 bits per heavy atom. The fourth-order valence-corrected chi connectivity index (χ4v) is 1.57. The number of benzene rings is 1. The molecule has 0 bridgehead atoms. The van der Waals surface area contributed by atoms with Gasteiger partial charge in [0.15, 0.2) is 5.78 Å². The number of halogens is 1. The zero-order valence-corrected chi connectivity index (χ0v) is 10.3. The van der Waals surface area contributed by atoms with Crippen molar-refractivity contribution in [2.45, 2.75) is 13.5 Å². The predicted molar refractivity (Wildman–Crippen MR) is 66.3 cm³/mol. The van der Waals surface area contributed by atoms with Crippen LogP contribution in [0, 0.1) is 5.82 Å². The summed E-state index contributed by atoms with van der Waals surface area (Å²) in [4.78, 5) is 25.4. The lowest BCUT2D eigenvalue weighted by molar-refractivity contribution is 0.0466. The highest BCUT2D eigenvalue weighted by molar-refractivity contribution is 5.97. The van der Waals surface area contributed by atoms with Crippen LogP contribution < -0.4 is 0 Å². The van der Waals surface area contributed by atoms with Gasteiger partial charge in [-0.05, 0) is 30.7 Å². The van der Waals surface area contributed by atoms with Gasteiger partial charge in [0.1, 0.15) is 18.1 Å². The third kappa shape index (κ3) is 3.28. The van der Waals surface area contributed by atoms with Gasteiger partial charge in [-0.25, -0.2) is 9.18 Å². The molecule has 19 heavy (non-hydrogen) atoms. The summed E-state index contributed by atoms with van der Waals surface area (Å²) in [7, 11) is 0. The Morgan fingerprint density at radius 3 is 2.74 bits per heavy atom. The van der Waals surface area contributed by atoms with Gasteiger partial charge in [0.2, 0.25) is 0 Å². The largest absolute Gasteiger partial charge is 0.456 e. The predicted octanol–water partition coefficient (Wildman–Crippen LogP) is 2.71. The Hall–Kier alpha value is -2.43. The highest BCUT2D eigenvalue weighted by Crippen LogP contribution is 2.09. The highest BCUT2D eigenvalue weighted by Gasteiger charge is 2.12. The van der Waals surface area contributed by atoms with Gasteiger partial charge >= 0.3 is 5.97 Å². The van der Waals surface area contributed by atoms with Gasteiger partial charge in [0.05, 0.1) is 0 Å². The second-order valence-electron chi connectivity index (χ2n) is 4.06. The van der Waals surface area contributed by atoms with Crippen LogP contribution in [-0.4, -0.2) is 16.7 Å². The first-order valence-corrected chi connectivity index (χ1v) is 5.67. The van der Waals surface area contributed by atoms with Gasteiger partial charge in [-0.2, -0.15) is 0 Å². The summed E-state index contributed by atoms with van der Waals surface area (Å²) in [5, 5.41) is 0. The van der Waals surface area contributed by atoms with Crippen LogP contribution in [0.2, 0.25) is 0 Å². The van der Waals surface area contributed by atoms with E-state index in [-0.39, 0.29) is 23.9 Å². The van der Waals surface area contributed by atoms with E-state index in [1.165, 1.54) is 31.3 Å². The minimum atomic E-state index is -0.586. The van der Waals surface area contributed by atoms with Crippen molar-refractivity contribution < 1.29 is 18.7 Å². The molecule has 0 radical (unpaired) electrons. The Morgan fingerprint density at radius 2 is 2.11 bits per heavy atom. The van der Waals surface area contributed by atoms with Crippen LogP contribution in [0.1, 0.15) is 33.3 Å². The third-order valence-corrected chi connectivity index (χ3v) is 2.57. The molecule has 0 aliphatic rings. The zero-order valence-electron chi connectivity index (χ0n) is 10.3. The Labute approximate surface area is 109 Å². The molecule has 1 N–H and O–H groups in total. The second-order valence-corrected chi connectivity index (χ2v) is 4.06. The molecule has 0 atom stereocenters. The molecular weight excluding hydrogens is 249 g/mol. The SMILES string of the molecule is CC(=O)c1c[nH]c(C(=O)OCc2cccc(F)c2)c1. The summed E-state index contributed by atoms with van der Waals surface area (Å²) in [6.07, 6.45) is 1.45. The fraction of sp³-hybridized carbons (Fsp3) is 0.143. The molecule has 1 aromatic carbocycles. The molecule has 0 amide bonds. The first-order valence-electron chi connectivity index (χ1n) is 5.67. The number of H-pyrrole nitrogens is 1. The van der Waals surface area contributed by atoms with Crippen molar-refractivity contribution in [2.75, 3.05) is 0 Å². The van der Waals surface area contributed by atoms with Crippen LogP contribution in [-0.2, 0) is 11.3 Å². The first-order chi connectivity index (χ1) is 9.06. The van der Waals surface area contributed by atoms with Gasteiger partial charge in [-0.1, -0.05) is 12.1 Å². The van der Waals surface area contributed by atoms with E-state index >= 15 is 0 Å². The van der Waals surface area contributed by atoms with Crippen molar-refractivity contribution in [1.82, 2.24) is 4.98 Å². The highest BCUT2D eigenvalue weighted by atomic mass is 19.1. The minimum absolute atomic E-state index is 0.0228. The van der Waals surface area contributed by atoms with E-state index in [1.807, 2.05) is 0 Å². The number of Topliss-reactive ketones (excluding diaryl/α,β-unsaturated/α-hetero) is 1. The molecule has 0 aliphatic heterocycles. The maximum atomic E-state index is 12.9. The van der Waals surface area contributed by atoms with Crippen LogP contribution in [0.15, 0.2) is 36.5 Å². The molecule has 2 aromatic rings. The van der Waals surface area contributed by atoms with Crippen molar-refractivity contribution >= 4 is 11.8 Å². The minimum Gasteiger partial charge on any atom is -0.456 e. The molecule has 0 aliphatic carbocycles. The Kier molecular flexibility index (Phi) is 3.75. The average molecular weight is 261 g/mol. The van der Waals surface area contributed by atoms with Gasteiger partial charge in [-0.3, -0.25) is 4.79 Å². The van der Waals surface area contributed by atoms with Crippen LogP contribution in [0.5, 0.6) is 0 Å². The number of esters is 1. The summed E-state index contributed by atoms with van der Waals surface area (Å²) in [5.41, 5.74) is 1.17. The maximum absolute atomic E-state index is 12.9. The standard InChI is InChI=1S/C14H12FNO3/c1-9(17)11-6-13(16-7-11)14(18)19-8-10-3-2-4-12(15)5-10/h2-7,16H,8H2,1H3. The lowest BCUT2D eigenvalue weighted by Gasteiger charge is -2.03. The maximum Gasteiger partial charge on any atom is 0.355 e. The second kappa shape index (κ2) is 5.48. The number of aromatic amines is 1. The van der Waals surface area contributed by atoms with Crippen molar-refractivity contribution in [2.24, 2.45) is 0 Å². The first kappa shape index (κ1) is 13.0. The van der Waals surface area contributed by atoms with Crippen molar-refractivity contribution in [1.29, 1.82) is 0 Å². The quantitative estimate of drug-likeness (QED) is 0.680. The number of hydrogen-bond acceptors (Lipinski definition) is 3. The van der Waals surface area contributed by atoms with Gasteiger partial charge in [0.25, 0.3) is 0 Å². The van der Waals surface area contributed by atoms with E-state index in [1.54, 1.807) is 12.1 Å². The normalized spacial score (nSPS) is 10.2. The smallest absolute Gasteiger partial charge is 0.355 e. The molecule has 5 heteroatoms. The van der Waals surface area contributed by atoms with Crippen molar-refractivity contribution in [3.8, 4) is 0 Å². The number of carbonyl (C=O) groups excluding carboxylic acids is 2. The molecular formula is C14H12FNO3. The molecule has 4 nitrogen and oxygen atoms in total. The lowest BCUT2D eigenvalue weighted by Crippen LogP contribution is -2.05. The summed E-state index contributed by atoms with van der Waals surface area (Å²) >= 11 is 0. The number of rotatable bonds is 4. The molecule has 0 fully saturated rings. The molecule has 0 saturated heterocycles. The number of hydrogen-bond donors (Lipinski definition) is 1.